The first kappa shape index (κ1) is 18.3. The Morgan fingerprint density at radius 1 is 1.14 bits per heavy atom. The third kappa shape index (κ3) is 4.93. The molecule has 6 heteroatoms. The Kier molecular flexibility index (Phi) is 6.71. The normalized spacial score (nSPS) is 11.6. The highest BCUT2D eigenvalue weighted by molar-refractivity contribution is 5.98. The molecule has 0 bridgehead atoms. The van der Waals surface area contributed by atoms with E-state index in [1.165, 1.54) is 12.1 Å². The summed E-state index contributed by atoms with van der Waals surface area (Å²) in [6.45, 7) is 2.11. The molecule has 4 N–H and O–H groups in total. The van der Waals surface area contributed by atoms with Gasteiger partial charge in [-0.15, -0.1) is 0 Å². The van der Waals surface area contributed by atoms with Crippen molar-refractivity contribution in [2.24, 2.45) is 5.73 Å². The first-order valence-electron chi connectivity index (χ1n) is 7.55. The smallest absolute Gasteiger partial charge is 0.420 e. The fourth-order valence-corrected chi connectivity index (χ4v) is 2.47. The number of amidine groups is 1. The van der Waals surface area contributed by atoms with Gasteiger partial charge < -0.3 is 10.8 Å². The number of halogens is 3. The van der Waals surface area contributed by atoms with Crippen molar-refractivity contribution in [3.05, 3.63) is 28.8 Å². The van der Waals surface area contributed by atoms with Crippen LogP contribution in [0.4, 0.5) is 13.2 Å². The summed E-state index contributed by atoms with van der Waals surface area (Å²) in [6, 6.07) is 2.59. The number of nitrogens with one attached hydrogen (secondary N) is 1. The van der Waals surface area contributed by atoms with Crippen molar-refractivity contribution in [2.75, 3.05) is 0 Å². The number of aryl methyl sites for hydroxylation is 1. The van der Waals surface area contributed by atoms with Crippen LogP contribution in [0.25, 0.3) is 0 Å². The van der Waals surface area contributed by atoms with Crippen molar-refractivity contribution < 1.29 is 18.3 Å². The van der Waals surface area contributed by atoms with Crippen LogP contribution >= 0.6 is 0 Å². The molecular weight excluding hydrogens is 293 g/mol. The van der Waals surface area contributed by atoms with E-state index >= 15 is 0 Å². The van der Waals surface area contributed by atoms with Gasteiger partial charge in [0.05, 0.1) is 5.56 Å². The zero-order valence-corrected chi connectivity index (χ0v) is 12.8. The molecule has 1 aromatic carbocycles. The van der Waals surface area contributed by atoms with Crippen molar-refractivity contribution in [3.8, 4) is 5.75 Å². The minimum Gasteiger partial charge on any atom is -0.507 e. The van der Waals surface area contributed by atoms with Gasteiger partial charge in [0.2, 0.25) is 0 Å². The van der Waals surface area contributed by atoms with Crippen LogP contribution in [0, 0.1) is 5.41 Å². The Labute approximate surface area is 128 Å². The summed E-state index contributed by atoms with van der Waals surface area (Å²) in [6.07, 6.45) is 1.47. The highest BCUT2D eigenvalue weighted by Gasteiger charge is 2.37. The minimum absolute atomic E-state index is 0.0606. The van der Waals surface area contributed by atoms with Crippen LogP contribution in [0.2, 0.25) is 0 Å². The molecule has 0 unspecified atom stereocenters. The maximum Gasteiger partial charge on any atom is 0.420 e. The molecule has 0 heterocycles. The van der Waals surface area contributed by atoms with Gasteiger partial charge in [-0.1, -0.05) is 45.1 Å². The summed E-state index contributed by atoms with van der Waals surface area (Å²) in [5.74, 6) is -1.52. The number of phenols is 1. The van der Waals surface area contributed by atoms with Crippen LogP contribution in [0.5, 0.6) is 5.75 Å². The number of hydrogen-bond donors (Lipinski definition) is 3. The van der Waals surface area contributed by atoms with E-state index in [9.17, 15) is 18.3 Å². The number of aromatic hydroxyl groups is 1. The molecule has 22 heavy (non-hydrogen) atoms. The molecule has 0 saturated heterocycles. The van der Waals surface area contributed by atoms with Crippen molar-refractivity contribution in [3.63, 3.8) is 0 Å². The Hall–Kier alpha value is -1.72. The molecule has 0 radical (unpaired) electrons. The van der Waals surface area contributed by atoms with Gasteiger partial charge >= 0.3 is 6.18 Å². The lowest BCUT2D eigenvalue weighted by Gasteiger charge is -2.16. The van der Waals surface area contributed by atoms with Crippen molar-refractivity contribution >= 4 is 5.84 Å². The van der Waals surface area contributed by atoms with Gasteiger partial charge in [0.25, 0.3) is 0 Å². The quantitative estimate of drug-likeness (QED) is 0.373. The Bertz CT molecular complexity index is 513. The zero-order valence-electron chi connectivity index (χ0n) is 12.8. The second-order valence-corrected chi connectivity index (χ2v) is 5.43. The molecule has 0 aliphatic heterocycles. The van der Waals surface area contributed by atoms with E-state index in [0.29, 0.717) is 6.42 Å². The molecule has 0 atom stereocenters. The van der Waals surface area contributed by atoms with E-state index in [4.69, 9.17) is 11.1 Å². The molecule has 0 spiro atoms. The van der Waals surface area contributed by atoms with Gasteiger partial charge in [-0.25, -0.2) is 0 Å². The van der Waals surface area contributed by atoms with Gasteiger partial charge in [-0.3, -0.25) is 5.41 Å². The van der Waals surface area contributed by atoms with Crippen molar-refractivity contribution in [1.29, 1.82) is 5.41 Å². The van der Waals surface area contributed by atoms with E-state index in [-0.39, 0.29) is 17.5 Å². The fourth-order valence-electron chi connectivity index (χ4n) is 2.47. The molecule has 0 aromatic heterocycles. The number of benzene rings is 1. The Balaban J connectivity index is 2.86. The third-order valence-corrected chi connectivity index (χ3v) is 3.64. The first-order chi connectivity index (χ1) is 10.3. The molecule has 3 nitrogen and oxygen atoms in total. The SMILES string of the molecule is CCCCCCCCc1ccc(C(=N)N)c(O)c1C(F)(F)F. The summed E-state index contributed by atoms with van der Waals surface area (Å²) < 4.78 is 39.5. The molecule has 1 rings (SSSR count). The van der Waals surface area contributed by atoms with E-state index in [1.54, 1.807) is 0 Å². The van der Waals surface area contributed by atoms with E-state index in [2.05, 4.69) is 6.92 Å². The summed E-state index contributed by atoms with van der Waals surface area (Å²) in [4.78, 5) is 0. The predicted molar refractivity (Wildman–Crippen MR) is 81.2 cm³/mol. The second-order valence-electron chi connectivity index (χ2n) is 5.43. The number of phenolic OH excluding ortho intramolecular Hbond substituents is 1. The number of rotatable bonds is 8. The Morgan fingerprint density at radius 2 is 1.73 bits per heavy atom. The highest BCUT2D eigenvalue weighted by atomic mass is 19.4. The standard InChI is InChI=1S/C16H23F3N2O/c1-2-3-4-5-6-7-8-11-9-10-12(15(20)21)14(22)13(11)16(17,18)19/h9-10,22H,2-8H2,1H3,(H3,20,21). The number of alkyl halides is 3. The molecule has 0 aliphatic carbocycles. The van der Waals surface area contributed by atoms with Gasteiger partial charge in [0.15, 0.2) is 0 Å². The maximum atomic E-state index is 13.2. The van der Waals surface area contributed by atoms with Gasteiger partial charge in [-0.05, 0) is 24.5 Å². The minimum atomic E-state index is -4.66. The van der Waals surface area contributed by atoms with E-state index in [0.717, 1.165) is 32.1 Å². The average molecular weight is 316 g/mol. The topological polar surface area (TPSA) is 70.1 Å². The lowest BCUT2D eigenvalue weighted by atomic mass is 9.96. The summed E-state index contributed by atoms with van der Waals surface area (Å²) in [5, 5.41) is 17.0. The van der Waals surface area contributed by atoms with Gasteiger partial charge in [-0.2, -0.15) is 13.2 Å². The largest absolute Gasteiger partial charge is 0.507 e. The molecule has 1 aromatic rings. The van der Waals surface area contributed by atoms with Crippen LogP contribution in [0.3, 0.4) is 0 Å². The Morgan fingerprint density at radius 3 is 2.27 bits per heavy atom. The number of nitrogen functional groups attached to an aromatic ring is 1. The maximum absolute atomic E-state index is 13.2. The van der Waals surface area contributed by atoms with E-state index < -0.39 is 23.3 Å². The van der Waals surface area contributed by atoms with Crippen molar-refractivity contribution in [2.45, 2.75) is 58.0 Å². The monoisotopic (exact) mass is 316 g/mol. The summed E-state index contributed by atoms with van der Waals surface area (Å²) in [5.41, 5.74) is 3.92. The third-order valence-electron chi connectivity index (χ3n) is 3.64. The van der Waals surface area contributed by atoms with Crippen LogP contribution in [-0.4, -0.2) is 10.9 Å². The molecule has 0 fully saturated rings. The lowest BCUT2D eigenvalue weighted by Crippen LogP contribution is -2.16. The molecular formula is C16H23F3N2O. The fraction of sp³-hybridized carbons (Fsp3) is 0.562. The van der Waals surface area contributed by atoms with Gasteiger partial charge in [0.1, 0.15) is 17.1 Å². The molecule has 0 amide bonds. The predicted octanol–water partition coefficient (Wildman–Crippen LogP) is 4.60. The lowest BCUT2D eigenvalue weighted by molar-refractivity contribution is -0.139. The van der Waals surface area contributed by atoms with Gasteiger partial charge in [0, 0.05) is 0 Å². The summed E-state index contributed by atoms with van der Waals surface area (Å²) >= 11 is 0. The van der Waals surface area contributed by atoms with Crippen LogP contribution in [-0.2, 0) is 12.6 Å². The first-order valence-corrected chi connectivity index (χ1v) is 7.55. The average Bonchev–Trinajstić information content (AvgIpc) is 2.40. The number of nitrogens with two attached hydrogens (primary N) is 1. The van der Waals surface area contributed by atoms with Crippen LogP contribution < -0.4 is 5.73 Å². The van der Waals surface area contributed by atoms with E-state index in [1.807, 2.05) is 0 Å². The van der Waals surface area contributed by atoms with Crippen LogP contribution in [0.15, 0.2) is 12.1 Å². The number of unbranched alkanes of at least 4 members (excludes halogenated alkanes) is 5. The number of hydrogen-bond acceptors (Lipinski definition) is 2. The molecule has 124 valence electrons. The van der Waals surface area contributed by atoms with Crippen molar-refractivity contribution in [1.82, 2.24) is 0 Å². The van der Waals surface area contributed by atoms with Crippen LogP contribution in [0.1, 0.15) is 62.1 Å². The second kappa shape index (κ2) is 8.06. The highest BCUT2D eigenvalue weighted by Crippen LogP contribution is 2.40. The summed E-state index contributed by atoms with van der Waals surface area (Å²) in [7, 11) is 0. The zero-order chi connectivity index (χ0) is 16.8. The molecule has 0 aliphatic rings. The molecule has 0 saturated carbocycles.